The molecule has 15 heavy (non-hydrogen) atoms. The van der Waals surface area contributed by atoms with Gasteiger partial charge >= 0.3 is 0 Å². The minimum Gasteiger partial charge on any atom is -0.376 e. The molecule has 0 spiro atoms. The number of nitrogens with zero attached hydrogens (tertiary/aromatic N) is 1. The second-order valence-corrected chi connectivity index (χ2v) is 3.77. The smallest absolute Gasteiger partial charge is 0.260 e. The first-order valence-corrected chi connectivity index (χ1v) is 4.86. The molecule has 0 unspecified atom stereocenters. The maximum atomic E-state index is 11.9. The first-order chi connectivity index (χ1) is 7.16. The molecule has 1 aliphatic heterocycles. The second kappa shape index (κ2) is 3.51. The molecule has 2 rings (SSSR count). The van der Waals surface area contributed by atoms with Crippen molar-refractivity contribution < 1.29 is 9.90 Å². The average molecular weight is 203 g/mol. The Morgan fingerprint density at radius 3 is 2.40 bits per heavy atom. The fourth-order valence-electron chi connectivity index (χ4n) is 1.94. The van der Waals surface area contributed by atoms with Crippen LogP contribution in [-0.2, 0) is 0 Å². The van der Waals surface area contributed by atoms with E-state index in [1.165, 1.54) is 4.90 Å². The van der Waals surface area contributed by atoms with Crippen molar-refractivity contribution in [1.29, 1.82) is 0 Å². The van der Waals surface area contributed by atoms with Gasteiger partial charge in [0.05, 0.1) is 5.70 Å². The fraction of sp³-hybridized carbons (Fsp3) is 0.250. The van der Waals surface area contributed by atoms with Crippen LogP contribution in [0.1, 0.15) is 29.8 Å². The highest BCUT2D eigenvalue weighted by Crippen LogP contribution is 2.33. The number of allylic oxidation sites excluding steroid dienone is 1. The third-order valence-corrected chi connectivity index (χ3v) is 2.54. The lowest BCUT2D eigenvalue weighted by atomic mass is 10.1. The number of aliphatic hydroxyl groups is 1. The third-order valence-electron chi connectivity index (χ3n) is 2.54. The molecule has 0 radical (unpaired) electrons. The Labute approximate surface area is 88.6 Å². The minimum absolute atomic E-state index is 0.121. The standard InChI is InChI=1S/C12H13NO2/c1-8(2)11-9-5-3-4-6-10(9)12(15)13(11)7-14/h3-6,14H,7H2,1-2H3. The number of hydrogen-bond donors (Lipinski definition) is 1. The van der Waals surface area contributed by atoms with Gasteiger partial charge in [-0.1, -0.05) is 23.8 Å². The minimum atomic E-state index is -0.270. The summed E-state index contributed by atoms with van der Waals surface area (Å²) in [5.74, 6) is -0.121. The van der Waals surface area contributed by atoms with Gasteiger partial charge in [-0.15, -0.1) is 0 Å². The lowest BCUT2D eigenvalue weighted by molar-refractivity contribution is 0.0725. The molecule has 0 fully saturated rings. The van der Waals surface area contributed by atoms with Crippen molar-refractivity contribution in [3.8, 4) is 0 Å². The van der Waals surface area contributed by atoms with E-state index in [0.29, 0.717) is 5.56 Å². The lowest BCUT2D eigenvalue weighted by Crippen LogP contribution is -2.24. The molecule has 0 aromatic heterocycles. The van der Waals surface area contributed by atoms with Crippen molar-refractivity contribution in [2.24, 2.45) is 0 Å². The molecule has 0 aliphatic carbocycles. The highest BCUT2D eigenvalue weighted by Gasteiger charge is 2.31. The molecular formula is C12H13NO2. The van der Waals surface area contributed by atoms with Crippen molar-refractivity contribution in [3.05, 3.63) is 41.0 Å². The summed E-state index contributed by atoms with van der Waals surface area (Å²) >= 11 is 0. The number of carbonyl (C=O) groups excluding carboxylic acids is 1. The molecule has 0 saturated carbocycles. The normalized spacial score (nSPS) is 14.5. The predicted molar refractivity (Wildman–Crippen MR) is 58.0 cm³/mol. The van der Waals surface area contributed by atoms with Gasteiger partial charge in [-0.2, -0.15) is 0 Å². The third kappa shape index (κ3) is 1.36. The van der Waals surface area contributed by atoms with Crippen LogP contribution in [0.4, 0.5) is 0 Å². The van der Waals surface area contributed by atoms with Crippen LogP contribution in [0.3, 0.4) is 0 Å². The molecule has 1 heterocycles. The van der Waals surface area contributed by atoms with Gasteiger partial charge in [0.2, 0.25) is 0 Å². The van der Waals surface area contributed by atoms with E-state index in [4.69, 9.17) is 0 Å². The van der Waals surface area contributed by atoms with Crippen LogP contribution in [0.5, 0.6) is 0 Å². The van der Waals surface area contributed by atoms with Crippen LogP contribution < -0.4 is 0 Å². The van der Waals surface area contributed by atoms with Crippen molar-refractivity contribution in [2.75, 3.05) is 6.73 Å². The maximum Gasteiger partial charge on any atom is 0.260 e. The summed E-state index contributed by atoms with van der Waals surface area (Å²) in [7, 11) is 0. The summed E-state index contributed by atoms with van der Waals surface area (Å²) in [6.07, 6.45) is 0. The second-order valence-electron chi connectivity index (χ2n) is 3.77. The fourth-order valence-corrected chi connectivity index (χ4v) is 1.94. The van der Waals surface area contributed by atoms with Gasteiger partial charge in [-0.25, -0.2) is 0 Å². The number of aliphatic hydroxyl groups excluding tert-OH is 1. The Morgan fingerprint density at radius 1 is 1.27 bits per heavy atom. The summed E-state index contributed by atoms with van der Waals surface area (Å²) in [5.41, 5.74) is 3.44. The first kappa shape index (κ1) is 9.93. The topological polar surface area (TPSA) is 40.5 Å². The number of hydrogen-bond acceptors (Lipinski definition) is 2. The van der Waals surface area contributed by atoms with E-state index in [-0.39, 0.29) is 12.6 Å². The van der Waals surface area contributed by atoms with Gasteiger partial charge in [-0.3, -0.25) is 9.69 Å². The number of carbonyl (C=O) groups is 1. The molecule has 1 aliphatic rings. The molecule has 3 heteroatoms. The molecular weight excluding hydrogens is 190 g/mol. The molecule has 1 amide bonds. The van der Waals surface area contributed by atoms with Crippen LogP contribution >= 0.6 is 0 Å². The van der Waals surface area contributed by atoms with E-state index in [9.17, 15) is 9.90 Å². The van der Waals surface area contributed by atoms with Gasteiger partial charge in [0.15, 0.2) is 0 Å². The van der Waals surface area contributed by atoms with Crippen LogP contribution in [0.15, 0.2) is 29.8 Å². The van der Waals surface area contributed by atoms with Gasteiger partial charge in [0.1, 0.15) is 6.73 Å². The summed E-state index contributed by atoms with van der Waals surface area (Å²) in [6, 6.07) is 7.43. The van der Waals surface area contributed by atoms with Crippen LogP contribution in [0.2, 0.25) is 0 Å². The molecule has 78 valence electrons. The van der Waals surface area contributed by atoms with E-state index in [1.807, 2.05) is 32.0 Å². The summed E-state index contributed by atoms with van der Waals surface area (Å²) < 4.78 is 0. The summed E-state index contributed by atoms with van der Waals surface area (Å²) in [4.78, 5) is 13.3. The highest BCUT2D eigenvalue weighted by atomic mass is 16.3. The molecule has 1 N–H and O–H groups in total. The number of fused-ring (bicyclic) bond motifs is 1. The Kier molecular flexibility index (Phi) is 2.32. The monoisotopic (exact) mass is 203 g/mol. The largest absolute Gasteiger partial charge is 0.376 e. The Morgan fingerprint density at radius 2 is 1.87 bits per heavy atom. The molecule has 3 nitrogen and oxygen atoms in total. The number of rotatable bonds is 1. The molecule has 0 saturated heterocycles. The van der Waals surface area contributed by atoms with E-state index in [1.54, 1.807) is 6.07 Å². The van der Waals surface area contributed by atoms with E-state index >= 15 is 0 Å². The zero-order chi connectivity index (χ0) is 11.0. The van der Waals surface area contributed by atoms with Crippen LogP contribution in [-0.4, -0.2) is 22.6 Å². The molecule has 0 atom stereocenters. The van der Waals surface area contributed by atoms with Crippen molar-refractivity contribution in [3.63, 3.8) is 0 Å². The predicted octanol–water partition coefficient (Wildman–Crippen LogP) is 1.84. The van der Waals surface area contributed by atoms with Gasteiger partial charge < -0.3 is 5.11 Å². The highest BCUT2D eigenvalue weighted by molar-refractivity contribution is 6.09. The van der Waals surface area contributed by atoms with E-state index in [0.717, 1.165) is 16.8 Å². The van der Waals surface area contributed by atoms with Crippen molar-refractivity contribution in [2.45, 2.75) is 13.8 Å². The van der Waals surface area contributed by atoms with Gasteiger partial charge in [0.25, 0.3) is 5.91 Å². The number of benzene rings is 1. The van der Waals surface area contributed by atoms with Crippen LogP contribution in [0.25, 0.3) is 5.70 Å². The van der Waals surface area contributed by atoms with Crippen molar-refractivity contribution >= 4 is 11.6 Å². The average Bonchev–Trinajstić information content (AvgIpc) is 2.52. The molecule has 1 aromatic rings. The Bertz CT molecular complexity index is 445. The lowest BCUT2D eigenvalue weighted by Gasteiger charge is -2.16. The SMILES string of the molecule is CC(C)=C1c2ccccc2C(=O)N1CO. The Hall–Kier alpha value is -1.61. The van der Waals surface area contributed by atoms with Gasteiger partial charge in [0, 0.05) is 11.1 Å². The zero-order valence-electron chi connectivity index (χ0n) is 8.82. The van der Waals surface area contributed by atoms with E-state index in [2.05, 4.69) is 0 Å². The molecule has 1 aromatic carbocycles. The number of amides is 1. The quantitative estimate of drug-likeness (QED) is 0.756. The maximum absolute atomic E-state index is 11.9. The summed E-state index contributed by atoms with van der Waals surface area (Å²) in [6.45, 7) is 3.61. The summed E-state index contributed by atoms with van der Waals surface area (Å²) in [5, 5.41) is 9.20. The first-order valence-electron chi connectivity index (χ1n) is 4.86. The van der Waals surface area contributed by atoms with Crippen molar-refractivity contribution in [1.82, 2.24) is 4.90 Å². The Balaban J connectivity index is 2.67. The van der Waals surface area contributed by atoms with Gasteiger partial charge in [-0.05, 0) is 19.9 Å². The van der Waals surface area contributed by atoms with E-state index < -0.39 is 0 Å². The van der Waals surface area contributed by atoms with Crippen LogP contribution in [0, 0.1) is 0 Å². The zero-order valence-corrected chi connectivity index (χ0v) is 8.82. The molecule has 0 bridgehead atoms.